The average molecular weight is 823 g/mol. The largest absolute Gasteiger partial charge is 0.411 e. The quantitative estimate of drug-likeness (QED) is 0.0746. The Morgan fingerprint density at radius 1 is 0.541 bits per heavy atom. The summed E-state index contributed by atoms with van der Waals surface area (Å²) in [6.45, 7) is 8.07. The van der Waals surface area contributed by atoms with E-state index < -0.39 is 0 Å². The van der Waals surface area contributed by atoms with Crippen molar-refractivity contribution >= 4 is 23.0 Å². The Balaban J connectivity index is 0.000000185. The Hall–Kier alpha value is -7.91. The van der Waals surface area contributed by atoms with Crippen molar-refractivity contribution in [2.75, 3.05) is 0 Å². The van der Waals surface area contributed by atoms with E-state index in [1.54, 1.807) is 12.1 Å². The molecule has 8 nitrogen and oxygen atoms in total. The maximum atomic E-state index is 8.34. The second-order valence-electron chi connectivity index (χ2n) is 13.8. The Labute approximate surface area is 361 Å². The van der Waals surface area contributed by atoms with Crippen molar-refractivity contribution < 1.29 is 19.5 Å². The van der Waals surface area contributed by atoms with Crippen LogP contribution in [-0.2, 0) is 0 Å². The van der Waals surface area contributed by atoms with Gasteiger partial charge >= 0.3 is 0 Å². The second kappa shape index (κ2) is 22.3. The second-order valence-corrected chi connectivity index (χ2v) is 14.1. The van der Waals surface area contributed by atoms with Crippen LogP contribution >= 0.6 is 11.6 Å². The molecule has 0 saturated heterocycles. The first-order valence-electron chi connectivity index (χ1n) is 19.0. The molecule has 0 bridgehead atoms. The minimum Gasteiger partial charge on any atom is -0.411 e. The zero-order valence-corrected chi connectivity index (χ0v) is 34.9. The van der Waals surface area contributed by atoms with Crippen LogP contribution in [-0.4, -0.2) is 32.1 Å². The van der Waals surface area contributed by atoms with E-state index in [0.29, 0.717) is 0 Å². The average Bonchev–Trinajstić information content (AvgIpc) is 3.99. The van der Waals surface area contributed by atoms with E-state index in [1.165, 1.54) is 17.3 Å². The fraction of sp³-hybridized carbons (Fsp3) is 0.0769. The molecule has 0 atom stereocenters. The van der Waals surface area contributed by atoms with Gasteiger partial charge in [-0.2, -0.15) is 0 Å². The summed E-state index contributed by atoms with van der Waals surface area (Å²) in [6, 6.07) is 50.9. The molecular formula is C52H43ClN4O4. The number of hydrogen-bond acceptors (Lipinski definition) is 8. The third-order valence-corrected chi connectivity index (χ3v) is 9.16. The van der Waals surface area contributed by atoms with Crippen molar-refractivity contribution in [3.63, 3.8) is 0 Å². The molecule has 0 aliphatic carbocycles. The monoisotopic (exact) mass is 822 g/mol. The van der Waals surface area contributed by atoms with Crippen LogP contribution in [0, 0.1) is 52.4 Å². The number of aromatic nitrogens is 2. The first kappa shape index (κ1) is 44.2. The normalized spacial score (nSPS) is 10.5. The highest BCUT2D eigenvalue weighted by atomic mass is 35.5. The van der Waals surface area contributed by atoms with Gasteiger partial charge in [-0.3, -0.25) is 0 Å². The molecule has 0 unspecified atom stereocenters. The van der Waals surface area contributed by atoms with E-state index in [0.717, 1.165) is 78.5 Å². The van der Waals surface area contributed by atoms with Crippen LogP contribution in [0.25, 0.3) is 45.2 Å². The van der Waals surface area contributed by atoms with Gasteiger partial charge in [-0.15, -0.1) is 12.8 Å². The van der Waals surface area contributed by atoms with Gasteiger partial charge in [-0.1, -0.05) is 169 Å². The van der Waals surface area contributed by atoms with Crippen LogP contribution < -0.4 is 0 Å². The molecule has 0 amide bonds. The van der Waals surface area contributed by atoms with Gasteiger partial charge < -0.3 is 19.5 Å². The van der Waals surface area contributed by atoms with Gasteiger partial charge in [0.25, 0.3) is 0 Å². The van der Waals surface area contributed by atoms with Gasteiger partial charge in [-0.05, 0) is 75.7 Å². The predicted octanol–water partition coefficient (Wildman–Crippen LogP) is 12.8. The van der Waals surface area contributed by atoms with Crippen LogP contribution in [0.1, 0.15) is 44.5 Å². The molecule has 0 saturated carbocycles. The first-order valence-corrected chi connectivity index (χ1v) is 19.4. The Bertz CT molecular complexity index is 2710. The van der Waals surface area contributed by atoms with Crippen molar-refractivity contribution in [1.82, 2.24) is 10.3 Å². The number of nitrogens with zero attached hydrogens (tertiary/aromatic N) is 4. The van der Waals surface area contributed by atoms with Gasteiger partial charge in [0.05, 0.1) is 6.21 Å². The maximum Gasteiger partial charge on any atom is 0.175 e. The molecule has 2 N–H and O–H groups in total. The first-order chi connectivity index (χ1) is 29.6. The highest BCUT2D eigenvalue weighted by Crippen LogP contribution is 2.31. The van der Waals surface area contributed by atoms with E-state index in [-0.39, 0.29) is 5.17 Å². The smallest absolute Gasteiger partial charge is 0.175 e. The summed E-state index contributed by atoms with van der Waals surface area (Å²) in [5.41, 5.74) is 13.5. The van der Waals surface area contributed by atoms with Gasteiger partial charge in [0.15, 0.2) is 16.7 Å². The summed E-state index contributed by atoms with van der Waals surface area (Å²) >= 11 is 5.56. The molecule has 0 spiro atoms. The van der Waals surface area contributed by atoms with Crippen molar-refractivity contribution in [3.8, 4) is 69.8 Å². The van der Waals surface area contributed by atoms with Gasteiger partial charge in [-0.25, -0.2) is 0 Å². The molecule has 9 heteroatoms. The molecule has 0 radical (unpaired) electrons. The fourth-order valence-corrected chi connectivity index (χ4v) is 5.99. The minimum absolute atomic E-state index is 0.119. The van der Waals surface area contributed by atoms with Crippen LogP contribution in [0.3, 0.4) is 0 Å². The lowest BCUT2D eigenvalue weighted by atomic mass is 10.0. The maximum absolute atomic E-state index is 8.34. The number of aryl methyl sites for hydroxylation is 4. The SMILES string of the molecule is C#Cc1cccc(C#C)c1.Cc1cccc(-c2cc(-c3cccc(-c4cc(-c5cccc(C)c5)on4)c3)no2)c1.Cc1cccc(/C(Cl)=N/O)c1.Cc1cccc(/C=N/O)c1. The standard InChI is InChI=1S/C26H20N2O2.C10H6.C8H8ClNO.C8H9NO/c1-17-6-3-10-21(12-17)25-15-23(27-29-25)19-8-5-9-20(14-19)24-16-26(30-28-24)22-11-4-7-18(2)13-22;1-3-9-6-5-7-10(4-2)8-9;1-6-3-2-4-7(5-6)8(9)10-11;1-7-3-2-4-8(5-7)6-9-10/h3-16H,1-2H3;1-2,5-8H;2-5,11H,1H3;2-6,10H,1H3/b;;10-8-;9-6+. The summed E-state index contributed by atoms with van der Waals surface area (Å²) in [4.78, 5) is 0. The van der Waals surface area contributed by atoms with Crippen molar-refractivity contribution in [2.24, 2.45) is 10.3 Å². The molecule has 2 heterocycles. The van der Waals surface area contributed by atoms with E-state index in [2.05, 4.69) is 76.6 Å². The van der Waals surface area contributed by atoms with Crippen LogP contribution in [0.2, 0.25) is 0 Å². The van der Waals surface area contributed by atoms with Gasteiger partial charge in [0.1, 0.15) is 11.4 Å². The van der Waals surface area contributed by atoms with Crippen molar-refractivity contribution in [1.29, 1.82) is 0 Å². The fourth-order valence-electron chi connectivity index (χ4n) is 5.88. The summed E-state index contributed by atoms with van der Waals surface area (Å²) in [7, 11) is 0. The Kier molecular flexibility index (Phi) is 16.2. The lowest BCUT2D eigenvalue weighted by Gasteiger charge is -1.99. The zero-order valence-electron chi connectivity index (χ0n) is 34.1. The minimum atomic E-state index is 0.119. The molecule has 0 aliphatic heterocycles. The van der Waals surface area contributed by atoms with E-state index in [1.807, 2.05) is 129 Å². The number of halogens is 1. The molecule has 0 aliphatic rings. The molecule has 61 heavy (non-hydrogen) atoms. The van der Waals surface area contributed by atoms with Crippen molar-refractivity contribution in [2.45, 2.75) is 27.7 Å². The number of oxime groups is 2. The molecule has 2 aromatic heterocycles. The third kappa shape index (κ3) is 13.3. The van der Waals surface area contributed by atoms with Crippen LogP contribution in [0.4, 0.5) is 0 Å². The number of hydrogen-bond donors (Lipinski definition) is 2. The number of terminal acetylenes is 2. The van der Waals surface area contributed by atoms with E-state index in [4.69, 9.17) is 43.9 Å². The molecular weight excluding hydrogens is 780 g/mol. The van der Waals surface area contributed by atoms with E-state index in [9.17, 15) is 0 Å². The van der Waals surface area contributed by atoms with Crippen LogP contribution in [0.5, 0.6) is 0 Å². The molecule has 8 rings (SSSR count). The zero-order chi connectivity index (χ0) is 43.6. The number of rotatable bonds is 6. The summed E-state index contributed by atoms with van der Waals surface area (Å²) in [6.07, 6.45) is 11.7. The summed E-state index contributed by atoms with van der Waals surface area (Å²) < 4.78 is 11.2. The lowest BCUT2D eigenvalue weighted by molar-refractivity contribution is 0.321. The number of benzene rings is 6. The molecule has 302 valence electrons. The van der Waals surface area contributed by atoms with E-state index >= 15 is 0 Å². The predicted molar refractivity (Wildman–Crippen MR) is 246 cm³/mol. The lowest BCUT2D eigenvalue weighted by Crippen LogP contribution is -1.90. The van der Waals surface area contributed by atoms with Gasteiger partial charge in [0, 0.05) is 51.1 Å². The Morgan fingerprint density at radius 2 is 0.984 bits per heavy atom. The van der Waals surface area contributed by atoms with Crippen LogP contribution in [0.15, 0.2) is 177 Å². The summed E-state index contributed by atoms with van der Waals surface area (Å²) in [5, 5.41) is 31.0. The summed E-state index contributed by atoms with van der Waals surface area (Å²) in [5.74, 6) is 6.52. The highest BCUT2D eigenvalue weighted by molar-refractivity contribution is 6.69. The molecule has 8 aromatic rings. The van der Waals surface area contributed by atoms with Crippen molar-refractivity contribution in [3.05, 3.63) is 202 Å². The molecule has 6 aromatic carbocycles. The topological polar surface area (TPSA) is 117 Å². The highest BCUT2D eigenvalue weighted by Gasteiger charge is 2.13. The third-order valence-electron chi connectivity index (χ3n) is 8.87. The Morgan fingerprint density at radius 3 is 1.44 bits per heavy atom. The van der Waals surface area contributed by atoms with Gasteiger partial charge in [0.2, 0.25) is 0 Å². The molecule has 0 fully saturated rings.